The molecule has 0 radical (unpaired) electrons. The summed E-state index contributed by atoms with van der Waals surface area (Å²) in [6, 6.07) is 0. The maximum absolute atomic E-state index is 5.56. The molecule has 2 aliphatic heterocycles. The van der Waals surface area contributed by atoms with Crippen LogP contribution in [0.5, 0.6) is 0 Å². The van der Waals surface area contributed by atoms with Gasteiger partial charge in [0.05, 0.1) is 0 Å². The SMILES string of the molecule is NCCC1CC2CCC(C1)S2. The Labute approximate surface area is 73.1 Å². The van der Waals surface area contributed by atoms with Gasteiger partial charge in [0.25, 0.3) is 0 Å². The predicted molar refractivity (Wildman–Crippen MR) is 50.8 cm³/mol. The molecule has 2 aliphatic rings. The molecule has 0 saturated carbocycles. The molecule has 11 heavy (non-hydrogen) atoms. The highest BCUT2D eigenvalue weighted by atomic mass is 32.2. The Balaban J connectivity index is 1.87. The van der Waals surface area contributed by atoms with E-state index in [4.69, 9.17) is 5.73 Å². The van der Waals surface area contributed by atoms with Gasteiger partial charge in [-0.15, -0.1) is 0 Å². The van der Waals surface area contributed by atoms with Gasteiger partial charge < -0.3 is 5.73 Å². The Hall–Kier alpha value is 0.310. The number of rotatable bonds is 2. The normalized spacial score (nSPS) is 42.8. The molecule has 0 aromatic carbocycles. The Morgan fingerprint density at radius 2 is 1.82 bits per heavy atom. The van der Waals surface area contributed by atoms with E-state index >= 15 is 0 Å². The van der Waals surface area contributed by atoms with Gasteiger partial charge in [-0.1, -0.05) is 0 Å². The molecular formula is C9H17NS. The van der Waals surface area contributed by atoms with E-state index in [-0.39, 0.29) is 0 Å². The van der Waals surface area contributed by atoms with Crippen molar-refractivity contribution in [1.29, 1.82) is 0 Å². The molecule has 0 aliphatic carbocycles. The summed E-state index contributed by atoms with van der Waals surface area (Å²) in [5.41, 5.74) is 5.56. The molecule has 2 heterocycles. The zero-order valence-electron chi connectivity index (χ0n) is 6.96. The lowest BCUT2D eigenvalue weighted by Crippen LogP contribution is -2.19. The van der Waals surface area contributed by atoms with Gasteiger partial charge >= 0.3 is 0 Å². The molecule has 1 nitrogen and oxygen atoms in total. The lowest BCUT2D eigenvalue weighted by Gasteiger charge is -2.26. The van der Waals surface area contributed by atoms with Gasteiger partial charge in [-0.2, -0.15) is 11.8 Å². The van der Waals surface area contributed by atoms with Crippen LogP contribution in [0.1, 0.15) is 32.1 Å². The zero-order chi connectivity index (χ0) is 7.68. The van der Waals surface area contributed by atoms with Crippen LogP contribution in [0.15, 0.2) is 0 Å². The molecule has 2 bridgehead atoms. The highest BCUT2D eigenvalue weighted by Gasteiger charge is 2.33. The van der Waals surface area contributed by atoms with Crippen LogP contribution >= 0.6 is 11.8 Å². The third-order valence-corrected chi connectivity index (χ3v) is 4.59. The Morgan fingerprint density at radius 1 is 1.18 bits per heavy atom. The molecule has 0 aromatic heterocycles. The van der Waals surface area contributed by atoms with Crippen LogP contribution in [0.2, 0.25) is 0 Å². The maximum atomic E-state index is 5.56. The van der Waals surface area contributed by atoms with Crippen molar-refractivity contribution in [2.75, 3.05) is 6.54 Å². The minimum atomic E-state index is 0.898. The molecule has 0 amide bonds. The van der Waals surface area contributed by atoms with Gasteiger partial charge in [-0.3, -0.25) is 0 Å². The Morgan fingerprint density at radius 3 is 2.36 bits per heavy atom. The molecule has 0 aromatic rings. The zero-order valence-corrected chi connectivity index (χ0v) is 7.78. The van der Waals surface area contributed by atoms with Crippen LogP contribution in [0.25, 0.3) is 0 Å². The third-order valence-electron chi connectivity index (χ3n) is 2.96. The summed E-state index contributed by atoms with van der Waals surface area (Å²) < 4.78 is 0. The first-order chi connectivity index (χ1) is 5.38. The number of hydrogen-bond donors (Lipinski definition) is 1. The molecule has 2 rings (SSSR count). The first-order valence-corrected chi connectivity index (χ1v) is 5.68. The summed E-state index contributed by atoms with van der Waals surface area (Å²) in [5.74, 6) is 0.971. The standard InChI is InChI=1S/C9H17NS/c10-4-3-7-5-8-1-2-9(6-7)11-8/h7-9H,1-6,10H2. The average molecular weight is 171 g/mol. The predicted octanol–water partition coefficient (Wildman–Crippen LogP) is 2.01. The van der Waals surface area contributed by atoms with E-state index in [9.17, 15) is 0 Å². The molecular weight excluding hydrogens is 154 g/mol. The second-order valence-electron chi connectivity index (χ2n) is 3.87. The van der Waals surface area contributed by atoms with E-state index in [0.717, 1.165) is 23.0 Å². The smallest absolute Gasteiger partial charge is 0.00528 e. The molecule has 2 saturated heterocycles. The van der Waals surface area contributed by atoms with E-state index in [1.165, 1.54) is 32.1 Å². The van der Waals surface area contributed by atoms with Crippen LogP contribution in [0.3, 0.4) is 0 Å². The first-order valence-electron chi connectivity index (χ1n) is 4.74. The summed E-state index contributed by atoms with van der Waals surface area (Å²) in [6.45, 7) is 0.898. The first kappa shape index (κ1) is 7.93. The second kappa shape index (κ2) is 3.36. The number of thioether (sulfide) groups is 1. The summed E-state index contributed by atoms with van der Waals surface area (Å²) >= 11 is 2.24. The summed E-state index contributed by atoms with van der Waals surface area (Å²) in [7, 11) is 0. The minimum absolute atomic E-state index is 0.898. The van der Waals surface area contributed by atoms with Gasteiger partial charge in [0.2, 0.25) is 0 Å². The van der Waals surface area contributed by atoms with E-state index in [2.05, 4.69) is 11.8 Å². The van der Waals surface area contributed by atoms with Crippen LogP contribution in [-0.2, 0) is 0 Å². The quantitative estimate of drug-likeness (QED) is 0.688. The van der Waals surface area contributed by atoms with Crippen molar-refractivity contribution in [3.8, 4) is 0 Å². The van der Waals surface area contributed by atoms with Crippen LogP contribution in [0.4, 0.5) is 0 Å². The van der Waals surface area contributed by atoms with Gasteiger partial charge in [0.1, 0.15) is 0 Å². The Bertz CT molecular complexity index is 126. The van der Waals surface area contributed by atoms with E-state index < -0.39 is 0 Å². The van der Waals surface area contributed by atoms with Crippen molar-refractivity contribution in [1.82, 2.24) is 0 Å². The summed E-state index contributed by atoms with van der Waals surface area (Å²) in [5, 5.41) is 2.01. The minimum Gasteiger partial charge on any atom is -0.330 e. The molecule has 2 atom stereocenters. The number of hydrogen-bond acceptors (Lipinski definition) is 2. The summed E-state index contributed by atoms with van der Waals surface area (Å²) in [6.07, 6.45) is 7.15. The third kappa shape index (κ3) is 1.73. The van der Waals surface area contributed by atoms with E-state index in [1.807, 2.05) is 0 Å². The number of nitrogens with two attached hydrogens (primary N) is 1. The highest BCUT2D eigenvalue weighted by Crippen LogP contribution is 2.46. The highest BCUT2D eigenvalue weighted by molar-refractivity contribution is 8.00. The van der Waals surface area contributed by atoms with E-state index in [0.29, 0.717) is 0 Å². The van der Waals surface area contributed by atoms with Gasteiger partial charge in [0.15, 0.2) is 0 Å². The molecule has 2 N–H and O–H groups in total. The summed E-state index contributed by atoms with van der Waals surface area (Å²) in [4.78, 5) is 0. The number of fused-ring (bicyclic) bond motifs is 2. The van der Waals surface area contributed by atoms with Gasteiger partial charge in [0, 0.05) is 10.5 Å². The van der Waals surface area contributed by atoms with Crippen LogP contribution in [-0.4, -0.2) is 17.0 Å². The largest absolute Gasteiger partial charge is 0.330 e. The maximum Gasteiger partial charge on any atom is 0.00528 e. The van der Waals surface area contributed by atoms with Crippen molar-refractivity contribution in [3.63, 3.8) is 0 Å². The van der Waals surface area contributed by atoms with Gasteiger partial charge in [-0.25, -0.2) is 0 Å². The van der Waals surface area contributed by atoms with Crippen LogP contribution in [0, 0.1) is 5.92 Å². The fourth-order valence-corrected chi connectivity index (χ4v) is 4.29. The van der Waals surface area contributed by atoms with Crippen LogP contribution < -0.4 is 5.73 Å². The van der Waals surface area contributed by atoms with Crippen molar-refractivity contribution >= 4 is 11.8 Å². The second-order valence-corrected chi connectivity index (χ2v) is 5.48. The monoisotopic (exact) mass is 171 g/mol. The van der Waals surface area contributed by atoms with Crippen molar-refractivity contribution in [2.24, 2.45) is 11.7 Å². The Kier molecular flexibility index (Phi) is 2.42. The van der Waals surface area contributed by atoms with Crippen molar-refractivity contribution in [2.45, 2.75) is 42.6 Å². The molecule has 0 spiro atoms. The molecule has 2 heteroatoms. The van der Waals surface area contributed by atoms with Crippen molar-refractivity contribution < 1.29 is 0 Å². The average Bonchev–Trinajstić information content (AvgIpc) is 2.32. The fourth-order valence-electron chi connectivity index (χ4n) is 2.44. The topological polar surface area (TPSA) is 26.0 Å². The molecule has 64 valence electrons. The van der Waals surface area contributed by atoms with Crippen molar-refractivity contribution in [3.05, 3.63) is 0 Å². The molecule has 2 unspecified atom stereocenters. The van der Waals surface area contributed by atoms with Gasteiger partial charge in [-0.05, 0) is 44.6 Å². The lowest BCUT2D eigenvalue weighted by molar-refractivity contribution is 0.429. The lowest BCUT2D eigenvalue weighted by atomic mass is 9.96. The fraction of sp³-hybridized carbons (Fsp3) is 1.00. The molecule has 2 fully saturated rings. The van der Waals surface area contributed by atoms with E-state index in [1.54, 1.807) is 0 Å².